The molecule has 1 aliphatic rings. The fourth-order valence-electron chi connectivity index (χ4n) is 2.82. The molecule has 120 valence electrons. The minimum Gasteiger partial charge on any atom is -0.508 e. The Balaban J connectivity index is 2.18. The van der Waals surface area contributed by atoms with E-state index in [0.29, 0.717) is 10.6 Å². The average Bonchev–Trinajstić information content (AvgIpc) is 2.69. The van der Waals surface area contributed by atoms with Gasteiger partial charge in [0.05, 0.1) is 5.56 Å². The van der Waals surface area contributed by atoms with Gasteiger partial charge in [-0.2, -0.15) is 13.2 Å². The van der Waals surface area contributed by atoms with Crippen LogP contribution in [-0.2, 0) is 16.4 Å². The molecule has 0 bridgehead atoms. The lowest BCUT2D eigenvalue weighted by Gasteiger charge is -2.24. The minimum absolute atomic E-state index is 0.0849. The van der Waals surface area contributed by atoms with Crippen LogP contribution in [0, 0.1) is 0 Å². The van der Waals surface area contributed by atoms with Crippen molar-refractivity contribution in [3.63, 3.8) is 0 Å². The molecule has 1 amide bonds. The summed E-state index contributed by atoms with van der Waals surface area (Å²) in [5.74, 6) is -0.702. The van der Waals surface area contributed by atoms with E-state index in [-0.39, 0.29) is 17.0 Å². The van der Waals surface area contributed by atoms with Crippen molar-refractivity contribution in [3.05, 3.63) is 58.1 Å². The highest BCUT2D eigenvalue weighted by Crippen LogP contribution is 2.47. The van der Waals surface area contributed by atoms with Gasteiger partial charge >= 0.3 is 6.18 Å². The van der Waals surface area contributed by atoms with Gasteiger partial charge in [-0.05, 0) is 36.8 Å². The molecule has 0 spiro atoms. The molecular formula is C16H11ClF3NO2. The molecule has 7 heteroatoms. The summed E-state index contributed by atoms with van der Waals surface area (Å²) in [4.78, 5) is 12.4. The van der Waals surface area contributed by atoms with Crippen molar-refractivity contribution in [3.8, 4) is 5.75 Å². The Morgan fingerprint density at radius 1 is 1.13 bits per heavy atom. The summed E-state index contributed by atoms with van der Waals surface area (Å²) in [6.45, 7) is 1.55. The smallest absolute Gasteiger partial charge is 0.416 e. The number of nitrogens with one attached hydrogen (secondary N) is 1. The van der Waals surface area contributed by atoms with E-state index < -0.39 is 23.1 Å². The second-order valence-electron chi connectivity index (χ2n) is 5.50. The normalized spacial score (nSPS) is 20.3. The Labute approximate surface area is 134 Å². The number of rotatable bonds is 1. The van der Waals surface area contributed by atoms with E-state index >= 15 is 0 Å². The summed E-state index contributed by atoms with van der Waals surface area (Å²) >= 11 is 5.79. The lowest BCUT2D eigenvalue weighted by atomic mass is 9.76. The summed E-state index contributed by atoms with van der Waals surface area (Å²) in [6, 6.07) is 7.36. The van der Waals surface area contributed by atoms with Gasteiger partial charge < -0.3 is 10.4 Å². The number of hydrogen-bond donors (Lipinski definition) is 2. The molecule has 1 aliphatic heterocycles. The first-order valence-corrected chi connectivity index (χ1v) is 7.04. The second-order valence-corrected chi connectivity index (χ2v) is 5.94. The van der Waals surface area contributed by atoms with Crippen molar-refractivity contribution in [2.45, 2.75) is 18.5 Å². The van der Waals surface area contributed by atoms with Crippen LogP contribution in [0.15, 0.2) is 36.4 Å². The van der Waals surface area contributed by atoms with Crippen LogP contribution in [0.5, 0.6) is 5.75 Å². The molecule has 0 radical (unpaired) electrons. The number of fused-ring (bicyclic) bond motifs is 1. The van der Waals surface area contributed by atoms with Gasteiger partial charge in [-0.1, -0.05) is 23.7 Å². The number of alkyl halides is 3. The number of phenols is 1. The molecule has 1 atom stereocenters. The zero-order valence-electron chi connectivity index (χ0n) is 11.8. The highest BCUT2D eigenvalue weighted by atomic mass is 35.5. The quantitative estimate of drug-likeness (QED) is 0.811. The third-order valence-corrected chi connectivity index (χ3v) is 4.32. The Kier molecular flexibility index (Phi) is 3.33. The van der Waals surface area contributed by atoms with Crippen molar-refractivity contribution in [1.29, 1.82) is 0 Å². The van der Waals surface area contributed by atoms with Crippen molar-refractivity contribution in [2.24, 2.45) is 0 Å². The fraction of sp³-hybridized carbons (Fsp3) is 0.188. The first-order valence-electron chi connectivity index (χ1n) is 6.66. The predicted octanol–water partition coefficient (Wildman–Crippen LogP) is 4.32. The van der Waals surface area contributed by atoms with Gasteiger partial charge in [0.2, 0.25) is 5.91 Å². The fourth-order valence-corrected chi connectivity index (χ4v) is 2.99. The predicted molar refractivity (Wildman–Crippen MR) is 79.6 cm³/mol. The van der Waals surface area contributed by atoms with Gasteiger partial charge in [0, 0.05) is 16.3 Å². The Morgan fingerprint density at radius 2 is 1.78 bits per heavy atom. The molecule has 3 nitrogen and oxygen atoms in total. The highest BCUT2D eigenvalue weighted by molar-refractivity contribution is 6.30. The largest absolute Gasteiger partial charge is 0.508 e. The van der Waals surface area contributed by atoms with Crippen LogP contribution in [0.4, 0.5) is 18.9 Å². The topological polar surface area (TPSA) is 49.3 Å². The minimum atomic E-state index is -4.50. The van der Waals surface area contributed by atoms with Crippen molar-refractivity contribution >= 4 is 23.2 Å². The van der Waals surface area contributed by atoms with Crippen molar-refractivity contribution in [1.82, 2.24) is 0 Å². The van der Waals surface area contributed by atoms with Crippen molar-refractivity contribution < 1.29 is 23.1 Å². The van der Waals surface area contributed by atoms with Crippen LogP contribution >= 0.6 is 11.6 Å². The lowest BCUT2D eigenvalue weighted by Crippen LogP contribution is -2.32. The van der Waals surface area contributed by atoms with E-state index in [2.05, 4.69) is 5.32 Å². The summed E-state index contributed by atoms with van der Waals surface area (Å²) in [7, 11) is 0. The third kappa shape index (κ3) is 2.34. The molecule has 3 rings (SSSR count). The highest BCUT2D eigenvalue weighted by Gasteiger charge is 2.46. The first-order chi connectivity index (χ1) is 10.6. The molecule has 0 aromatic heterocycles. The molecule has 2 N–H and O–H groups in total. The van der Waals surface area contributed by atoms with Crippen LogP contribution in [-0.4, -0.2) is 11.0 Å². The average molecular weight is 342 g/mol. The van der Waals surface area contributed by atoms with Crippen LogP contribution in [0.2, 0.25) is 5.02 Å². The Bertz CT molecular complexity index is 819. The van der Waals surface area contributed by atoms with Gasteiger partial charge in [-0.15, -0.1) is 0 Å². The number of hydrogen-bond acceptors (Lipinski definition) is 2. The molecule has 23 heavy (non-hydrogen) atoms. The number of carbonyl (C=O) groups excluding carboxylic acids is 1. The van der Waals surface area contributed by atoms with Gasteiger partial charge in [-0.25, -0.2) is 0 Å². The van der Waals surface area contributed by atoms with E-state index in [0.717, 1.165) is 12.1 Å². The number of phenolic OH excluding ortho intramolecular Hbond substituents is 1. The maximum absolute atomic E-state index is 12.8. The summed E-state index contributed by atoms with van der Waals surface area (Å²) < 4.78 is 38.4. The van der Waals surface area contributed by atoms with Crippen LogP contribution in [0.1, 0.15) is 23.6 Å². The molecule has 2 aromatic rings. The maximum Gasteiger partial charge on any atom is 0.416 e. The van der Waals surface area contributed by atoms with Gasteiger partial charge in [0.25, 0.3) is 0 Å². The maximum atomic E-state index is 12.8. The van der Waals surface area contributed by atoms with Crippen LogP contribution in [0.25, 0.3) is 0 Å². The van der Waals surface area contributed by atoms with Crippen LogP contribution < -0.4 is 5.32 Å². The molecule has 0 unspecified atom stereocenters. The third-order valence-electron chi connectivity index (χ3n) is 4.09. The standard InChI is InChI=1S/C16H11ClF3NO2/c1-15(11-5-3-9(17)7-13(11)22)10-4-2-8(16(18,19)20)6-12(10)21-14(15)23/h2-7,22H,1H3,(H,21,23)/t15-/m0/s1. The van der Waals surface area contributed by atoms with Crippen molar-refractivity contribution in [2.75, 3.05) is 5.32 Å². The Hall–Kier alpha value is -2.21. The first kappa shape index (κ1) is 15.7. The van der Waals surface area contributed by atoms with E-state index in [9.17, 15) is 23.1 Å². The number of amides is 1. The monoisotopic (exact) mass is 341 g/mol. The number of anilines is 1. The second kappa shape index (κ2) is 4.89. The van der Waals surface area contributed by atoms with Crippen LogP contribution in [0.3, 0.4) is 0 Å². The number of benzene rings is 2. The number of aromatic hydroxyl groups is 1. The molecule has 0 fully saturated rings. The zero-order chi connectivity index (χ0) is 17.0. The van der Waals surface area contributed by atoms with Gasteiger partial charge in [0.15, 0.2) is 0 Å². The zero-order valence-corrected chi connectivity index (χ0v) is 12.6. The van der Waals surface area contributed by atoms with Gasteiger partial charge in [-0.3, -0.25) is 4.79 Å². The Morgan fingerprint density at radius 3 is 2.39 bits per heavy atom. The van der Waals surface area contributed by atoms with E-state index in [1.54, 1.807) is 6.92 Å². The van der Waals surface area contributed by atoms with E-state index in [1.165, 1.54) is 24.3 Å². The van der Waals surface area contributed by atoms with E-state index in [4.69, 9.17) is 11.6 Å². The molecule has 2 aromatic carbocycles. The molecule has 0 saturated carbocycles. The van der Waals surface area contributed by atoms with E-state index in [1.807, 2.05) is 0 Å². The molecule has 0 aliphatic carbocycles. The lowest BCUT2D eigenvalue weighted by molar-refractivity contribution is -0.137. The number of carbonyl (C=O) groups is 1. The summed E-state index contributed by atoms with van der Waals surface area (Å²) in [6.07, 6.45) is -4.50. The molecule has 0 saturated heterocycles. The summed E-state index contributed by atoms with van der Waals surface area (Å²) in [5.41, 5.74) is -1.41. The number of halogens is 4. The molecular weight excluding hydrogens is 331 g/mol. The summed E-state index contributed by atoms with van der Waals surface area (Å²) in [5, 5.41) is 12.8. The SMILES string of the molecule is C[C@]1(c2ccc(Cl)cc2O)C(=O)Nc2cc(C(F)(F)F)ccc21. The molecule has 1 heterocycles. The van der Waals surface area contributed by atoms with Gasteiger partial charge in [0.1, 0.15) is 11.2 Å².